The minimum atomic E-state index is -0.370. The van der Waals surface area contributed by atoms with E-state index in [1.807, 2.05) is 31.2 Å². The Morgan fingerprint density at radius 1 is 0.963 bits per heavy atom. The van der Waals surface area contributed by atoms with Gasteiger partial charge >= 0.3 is 6.03 Å². The molecule has 0 saturated carbocycles. The molecule has 27 heavy (non-hydrogen) atoms. The Kier molecular flexibility index (Phi) is 5.40. The Morgan fingerprint density at radius 3 is 2.15 bits per heavy atom. The van der Waals surface area contributed by atoms with Crippen molar-refractivity contribution >= 4 is 34.9 Å². The molecule has 1 heterocycles. The van der Waals surface area contributed by atoms with E-state index in [2.05, 4.69) is 16.0 Å². The van der Waals surface area contributed by atoms with Crippen molar-refractivity contribution in [2.24, 2.45) is 0 Å². The van der Waals surface area contributed by atoms with Crippen LogP contribution in [0.1, 0.15) is 18.9 Å². The lowest BCUT2D eigenvalue weighted by molar-refractivity contribution is -0.117. The first-order chi connectivity index (χ1) is 12.9. The van der Waals surface area contributed by atoms with Crippen LogP contribution in [0.3, 0.4) is 0 Å². The second-order valence-electron chi connectivity index (χ2n) is 6.60. The van der Waals surface area contributed by atoms with Gasteiger partial charge in [0.15, 0.2) is 0 Å². The van der Waals surface area contributed by atoms with Crippen molar-refractivity contribution in [2.45, 2.75) is 26.3 Å². The highest BCUT2D eigenvalue weighted by Crippen LogP contribution is 2.22. The molecule has 7 nitrogen and oxygen atoms in total. The number of hydrogen-bond donors (Lipinski definition) is 3. The molecule has 7 heteroatoms. The van der Waals surface area contributed by atoms with E-state index in [0.29, 0.717) is 17.9 Å². The molecule has 2 aromatic rings. The topological polar surface area (TPSA) is 90.5 Å². The molecule has 3 N–H and O–H groups in total. The SMILES string of the molecule is CC(=O)Nc1ccc(NC(=O)N[C@@H]2CC(=O)N(c3ccc(C)cc3)C2)cc1. The molecule has 140 valence electrons. The van der Waals surface area contributed by atoms with Crippen molar-refractivity contribution in [1.29, 1.82) is 0 Å². The largest absolute Gasteiger partial charge is 0.333 e. The maximum absolute atomic E-state index is 12.3. The van der Waals surface area contributed by atoms with Gasteiger partial charge in [-0.05, 0) is 43.3 Å². The van der Waals surface area contributed by atoms with Crippen molar-refractivity contribution in [3.05, 3.63) is 54.1 Å². The molecule has 1 fully saturated rings. The van der Waals surface area contributed by atoms with Crippen LogP contribution in [0.4, 0.5) is 21.9 Å². The quantitative estimate of drug-likeness (QED) is 0.777. The maximum atomic E-state index is 12.3. The number of amides is 4. The van der Waals surface area contributed by atoms with Gasteiger partial charge in [-0.15, -0.1) is 0 Å². The van der Waals surface area contributed by atoms with Crippen LogP contribution in [0.15, 0.2) is 48.5 Å². The fraction of sp³-hybridized carbons (Fsp3) is 0.250. The van der Waals surface area contributed by atoms with Crippen LogP contribution in [0, 0.1) is 6.92 Å². The summed E-state index contributed by atoms with van der Waals surface area (Å²) in [5.41, 5.74) is 3.22. The van der Waals surface area contributed by atoms with E-state index in [0.717, 1.165) is 11.3 Å². The minimum absolute atomic E-state index is 0.0104. The Bertz CT molecular complexity index is 847. The van der Waals surface area contributed by atoms with Crippen molar-refractivity contribution < 1.29 is 14.4 Å². The summed E-state index contributed by atoms with van der Waals surface area (Å²) in [5, 5.41) is 8.23. The van der Waals surface area contributed by atoms with Gasteiger partial charge in [0, 0.05) is 37.0 Å². The van der Waals surface area contributed by atoms with E-state index in [-0.39, 0.29) is 30.3 Å². The third-order valence-electron chi connectivity index (χ3n) is 4.27. The molecule has 1 atom stereocenters. The van der Waals surface area contributed by atoms with Gasteiger partial charge in [0.05, 0.1) is 6.04 Å². The van der Waals surface area contributed by atoms with Crippen molar-refractivity contribution in [2.75, 3.05) is 22.1 Å². The summed E-state index contributed by atoms with van der Waals surface area (Å²) in [6.45, 7) is 3.87. The Balaban J connectivity index is 1.54. The molecule has 0 radical (unpaired) electrons. The second kappa shape index (κ2) is 7.90. The molecule has 0 aliphatic carbocycles. The molecule has 3 rings (SSSR count). The zero-order chi connectivity index (χ0) is 19.4. The number of rotatable bonds is 4. The third kappa shape index (κ3) is 4.84. The summed E-state index contributed by atoms with van der Waals surface area (Å²) in [5.74, 6) is -0.165. The molecule has 1 saturated heterocycles. The zero-order valence-corrected chi connectivity index (χ0v) is 15.3. The lowest BCUT2D eigenvalue weighted by Gasteiger charge is -2.17. The van der Waals surface area contributed by atoms with Gasteiger partial charge in [-0.3, -0.25) is 9.59 Å². The van der Waals surface area contributed by atoms with Crippen LogP contribution in [-0.4, -0.2) is 30.4 Å². The number of urea groups is 1. The highest BCUT2D eigenvalue weighted by Gasteiger charge is 2.31. The van der Waals surface area contributed by atoms with E-state index >= 15 is 0 Å². The summed E-state index contributed by atoms with van der Waals surface area (Å²) in [4.78, 5) is 37.2. The predicted octanol–water partition coefficient (Wildman–Crippen LogP) is 2.88. The normalized spacial score (nSPS) is 16.1. The summed E-state index contributed by atoms with van der Waals surface area (Å²) in [6.07, 6.45) is 0.267. The van der Waals surface area contributed by atoms with E-state index in [4.69, 9.17) is 0 Å². The number of nitrogens with zero attached hydrogens (tertiary/aromatic N) is 1. The standard InChI is InChI=1S/C20H22N4O3/c1-13-3-9-18(10-4-13)24-12-17(11-19(24)26)23-20(27)22-16-7-5-15(6-8-16)21-14(2)25/h3-10,17H,11-12H2,1-2H3,(H,21,25)(H2,22,23,27)/t17-/m1/s1. The van der Waals surface area contributed by atoms with E-state index < -0.39 is 0 Å². The van der Waals surface area contributed by atoms with Gasteiger partial charge in [0.1, 0.15) is 0 Å². The molecule has 1 aliphatic rings. The summed E-state index contributed by atoms with van der Waals surface area (Å²) in [7, 11) is 0. The van der Waals surface area contributed by atoms with Gasteiger partial charge in [0.25, 0.3) is 0 Å². The van der Waals surface area contributed by atoms with E-state index in [1.165, 1.54) is 6.92 Å². The lowest BCUT2D eigenvalue weighted by Crippen LogP contribution is -2.39. The minimum Gasteiger partial charge on any atom is -0.333 e. The van der Waals surface area contributed by atoms with Crippen molar-refractivity contribution in [1.82, 2.24) is 5.32 Å². The van der Waals surface area contributed by atoms with Crippen LogP contribution in [0.2, 0.25) is 0 Å². The Labute approximate surface area is 157 Å². The molecular formula is C20H22N4O3. The third-order valence-corrected chi connectivity index (χ3v) is 4.27. The first-order valence-electron chi connectivity index (χ1n) is 8.73. The predicted molar refractivity (Wildman–Crippen MR) is 105 cm³/mol. The number of anilines is 3. The number of benzene rings is 2. The number of hydrogen-bond acceptors (Lipinski definition) is 3. The van der Waals surface area contributed by atoms with Crippen LogP contribution in [0.5, 0.6) is 0 Å². The molecular weight excluding hydrogens is 344 g/mol. The highest BCUT2D eigenvalue weighted by atomic mass is 16.2. The zero-order valence-electron chi connectivity index (χ0n) is 15.3. The molecule has 0 unspecified atom stereocenters. The Morgan fingerprint density at radius 2 is 1.56 bits per heavy atom. The van der Waals surface area contributed by atoms with Crippen LogP contribution in [-0.2, 0) is 9.59 Å². The number of carbonyl (C=O) groups excluding carboxylic acids is 3. The van der Waals surface area contributed by atoms with Gasteiger partial charge in [-0.1, -0.05) is 17.7 Å². The molecule has 0 bridgehead atoms. The van der Waals surface area contributed by atoms with Crippen LogP contribution in [0.25, 0.3) is 0 Å². The maximum Gasteiger partial charge on any atom is 0.319 e. The van der Waals surface area contributed by atoms with Gasteiger partial charge in [-0.25, -0.2) is 4.79 Å². The van der Waals surface area contributed by atoms with Crippen molar-refractivity contribution in [3.63, 3.8) is 0 Å². The molecule has 0 aromatic heterocycles. The van der Waals surface area contributed by atoms with Gasteiger partial charge < -0.3 is 20.9 Å². The molecule has 2 aromatic carbocycles. The van der Waals surface area contributed by atoms with Crippen LogP contribution < -0.4 is 20.9 Å². The van der Waals surface area contributed by atoms with E-state index in [1.54, 1.807) is 29.2 Å². The highest BCUT2D eigenvalue weighted by molar-refractivity contribution is 5.97. The fourth-order valence-corrected chi connectivity index (χ4v) is 2.97. The average Bonchev–Trinajstić information content (AvgIpc) is 2.97. The monoisotopic (exact) mass is 366 g/mol. The summed E-state index contributed by atoms with van der Waals surface area (Å²) >= 11 is 0. The van der Waals surface area contributed by atoms with Crippen LogP contribution >= 0.6 is 0 Å². The molecule has 1 aliphatic heterocycles. The summed E-state index contributed by atoms with van der Waals surface area (Å²) < 4.78 is 0. The summed E-state index contributed by atoms with van der Waals surface area (Å²) in [6, 6.07) is 13.9. The number of nitrogens with one attached hydrogen (secondary N) is 3. The van der Waals surface area contributed by atoms with Crippen molar-refractivity contribution in [3.8, 4) is 0 Å². The van der Waals surface area contributed by atoms with Gasteiger partial charge in [0.2, 0.25) is 11.8 Å². The molecule has 0 spiro atoms. The number of aryl methyl sites for hydroxylation is 1. The first-order valence-corrected chi connectivity index (χ1v) is 8.73. The Hall–Kier alpha value is -3.35. The smallest absolute Gasteiger partial charge is 0.319 e. The van der Waals surface area contributed by atoms with Gasteiger partial charge in [-0.2, -0.15) is 0 Å². The second-order valence-corrected chi connectivity index (χ2v) is 6.60. The number of carbonyl (C=O) groups is 3. The average molecular weight is 366 g/mol. The first kappa shape index (κ1) is 18.4. The lowest BCUT2D eigenvalue weighted by atomic mass is 10.2. The van der Waals surface area contributed by atoms with E-state index in [9.17, 15) is 14.4 Å². The fourth-order valence-electron chi connectivity index (χ4n) is 2.97. The molecule has 4 amide bonds.